The largest absolute Gasteiger partial charge is 0.508 e. The van der Waals surface area contributed by atoms with Gasteiger partial charge in [0, 0.05) is 36.3 Å². The lowest BCUT2D eigenvalue weighted by atomic mass is 10.2. The number of hydrogen-bond donors (Lipinski definition) is 2. The number of sulfonamides is 1. The number of rotatable bonds is 5. The van der Waals surface area contributed by atoms with Crippen LogP contribution in [0.2, 0.25) is 5.02 Å². The van der Waals surface area contributed by atoms with Gasteiger partial charge in [-0.1, -0.05) is 29.8 Å². The molecule has 2 N–H and O–H groups in total. The van der Waals surface area contributed by atoms with E-state index in [4.69, 9.17) is 11.6 Å². The first-order valence-electron chi connectivity index (χ1n) is 7.73. The van der Waals surface area contributed by atoms with Crippen molar-refractivity contribution in [3.63, 3.8) is 0 Å². The summed E-state index contributed by atoms with van der Waals surface area (Å²) in [5.74, 6) is 0.179. The number of aromatic hydroxyl groups is 1. The lowest BCUT2D eigenvalue weighted by Crippen LogP contribution is -2.34. The molecule has 0 amide bonds. The molecule has 5 nitrogen and oxygen atoms in total. The van der Waals surface area contributed by atoms with E-state index in [9.17, 15) is 13.5 Å². The van der Waals surface area contributed by atoms with Crippen LogP contribution in [0.1, 0.15) is 12.0 Å². The molecule has 2 aromatic carbocycles. The summed E-state index contributed by atoms with van der Waals surface area (Å²) in [7, 11) is -3.45. The van der Waals surface area contributed by atoms with Gasteiger partial charge >= 0.3 is 0 Å². The summed E-state index contributed by atoms with van der Waals surface area (Å²) in [6.07, 6.45) is 0.730. The minimum atomic E-state index is -3.45. The molecule has 1 fully saturated rings. The van der Waals surface area contributed by atoms with Crippen LogP contribution in [0.3, 0.4) is 0 Å². The van der Waals surface area contributed by atoms with E-state index in [0.717, 1.165) is 6.42 Å². The Balaban J connectivity index is 1.63. The highest BCUT2D eigenvalue weighted by molar-refractivity contribution is 7.89. The topological polar surface area (TPSA) is 69.6 Å². The first-order valence-corrected chi connectivity index (χ1v) is 9.54. The van der Waals surface area contributed by atoms with E-state index in [1.807, 2.05) is 0 Å². The number of nitrogens with zero attached hydrogens (tertiary/aromatic N) is 1. The van der Waals surface area contributed by atoms with Gasteiger partial charge in [-0.2, -0.15) is 4.31 Å². The fourth-order valence-corrected chi connectivity index (χ4v) is 4.52. The molecule has 0 spiro atoms. The molecule has 0 radical (unpaired) electrons. The van der Waals surface area contributed by atoms with Crippen molar-refractivity contribution in [3.05, 3.63) is 59.1 Å². The lowest BCUT2D eigenvalue weighted by molar-refractivity contribution is 0.445. The summed E-state index contributed by atoms with van der Waals surface area (Å²) in [4.78, 5) is 0.318. The monoisotopic (exact) mass is 366 g/mol. The van der Waals surface area contributed by atoms with Gasteiger partial charge in [-0.25, -0.2) is 8.42 Å². The van der Waals surface area contributed by atoms with Gasteiger partial charge in [0.15, 0.2) is 0 Å². The number of benzene rings is 2. The number of hydrogen-bond acceptors (Lipinski definition) is 4. The van der Waals surface area contributed by atoms with Crippen molar-refractivity contribution in [2.45, 2.75) is 23.9 Å². The van der Waals surface area contributed by atoms with E-state index in [-0.39, 0.29) is 11.8 Å². The second kappa shape index (κ2) is 7.11. The lowest BCUT2D eigenvalue weighted by Gasteiger charge is -2.17. The molecule has 0 aromatic heterocycles. The molecule has 1 aliphatic heterocycles. The van der Waals surface area contributed by atoms with E-state index in [1.54, 1.807) is 48.5 Å². The maximum atomic E-state index is 12.6. The summed E-state index contributed by atoms with van der Waals surface area (Å²) in [6, 6.07) is 13.4. The van der Waals surface area contributed by atoms with E-state index < -0.39 is 10.0 Å². The van der Waals surface area contributed by atoms with Crippen molar-refractivity contribution in [2.24, 2.45) is 0 Å². The fraction of sp³-hybridized carbons (Fsp3) is 0.294. The first kappa shape index (κ1) is 17.2. The van der Waals surface area contributed by atoms with Gasteiger partial charge < -0.3 is 10.4 Å². The molecular weight excluding hydrogens is 348 g/mol. The molecule has 1 heterocycles. The van der Waals surface area contributed by atoms with Crippen LogP contribution >= 0.6 is 11.6 Å². The molecule has 0 saturated carbocycles. The van der Waals surface area contributed by atoms with Crippen LogP contribution < -0.4 is 5.32 Å². The van der Waals surface area contributed by atoms with Crippen molar-refractivity contribution in [1.82, 2.24) is 9.62 Å². The molecule has 24 heavy (non-hydrogen) atoms. The molecular formula is C17H19ClN2O3S. The highest BCUT2D eigenvalue weighted by Gasteiger charge is 2.32. The molecule has 0 aliphatic carbocycles. The zero-order valence-corrected chi connectivity index (χ0v) is 14.6. The van der Waals surface area contributed by atoms with Gasteiger partial charge in [-0.3, -0.25) is 0 Å². The van der Waals surface area contributed by atoms with Crippen molar-refractivity contribution >= 4 is 21.6 Å². The molecule has 128 valence electrons. The highest BCUT2D eigenvalue weighted by atomic mass is 35.5. The Hall–Kier alpha value is -1.60. The third-order valence-electron chi connectivity index (χ3n) is 4.15. The maximum Gasteiger partial charge on any atom is 0.243 e. The van der Waals surface area contributed by atoms with Crippen LogP contribution in [0.5, 0.6) is 5.75 Å². The smallest absolute Gasteiger partial charge is 0.243 e. The van der Waals surface area contributed by atoms with Gasteiger partial charge in [0.1, 0.15) is 5.75 Å². The van der Waals surface area contributed by atoms with Crippen molar-refractivity contribution in [1.29, 1.82) is 0 Å². The van der Waals surface area contributed by atoms with Crippen LogP contribution in [0.25, 0.3) is 0 Å². The third-order valence-corrected chi connectivity index (χ3v) is 6.27. The van der Waals surface area contributed by atoms with Crippen LogP contribution in [-0.2, 0) is 16.6 Å². The zero-order chi connectivity index (χ0) is 17.2. The Morgan fingerprint density at radius 2 is 1.96 bits per heavy atom. The van der Waals surface area contributed by atoms with Crippen LogP contribution in [0.15, 0.2) is 53.4 Å². The Morgan fingerprint density at radius 1 is 1.21 bits per heavy atom. The number of phenolic OH excluding ortho intramolecular Hbond substituents is 1. The Bertz CT molecular complexity index is 812. The number of halogens is 1. The van der Waals surface area contributed by atoms with Gasteiger partial charge in [0.25, 0.3) is 0 Å². The quantitative estimate of drug-likeness (QED) is 0.853. The molecule has 2 aromatic rings. The molecule has 1 unspecified atom stereocenters. The average molecular weight is 367 g/mol. The Morgan fingerprint density at radius 3 is 2.71 bits per heavy atom. The zero-order valence-electron chi connectivity index (χ0n) is 13.0. The van der Waals surface area contributed by atoms with Crippen molar-refractivity contribution in [3.8, 4) is 5.75 Å². The Labute approximate surface area is 146 Å². The van der Waals surface area contributed by atoms with E-state index in [0.29, 0.717) is 35.1 Å². The predicted molar refractivity (Wildman–Crippen MR) is 93.6 cm³/mol. The molecule has 3 rings (SSSR count). The van der Waals surface area contributed by atoms with E-state index >= 15 is 0 Å². The SMILES string of the molecule is O=S(=O)(c1ccccc1)N1CCC(NCc2cc(Cl)ccc2O)C1. The fourth-order valence-electron chi connectivity index (χ4n) is 2.80. The summed E-state index contributed by atoms with van der Waals surface area (Å²) >= 11 is 5.94. The average Bonchev–Trinajstić information content (AvgIpc) is 3.06. The van der Waals surface area contributed by atoms with Crippen molar-refractivity contribution in [2.75, 3.05) is 13.1 Å². The molecule has 0 bridgehead atoms. The minimum Gasteiger partial charge on any atom is -0.508 e. The van der Waals surface area contributed by atoms with Gasteiger partial charge in [0.2, 0.25) is 10.0 Å². The third kappa shape index (κ3) is 3.72. The standard InChI is InChI=1S/C17H19ClN2O3S/c18-14-6-7-17(21)13(10-14)11-19-15-8-9-20(12-15)24(22,23)16-4-2-1-3-5-16/h1-7,10,15,19,21H,8-9,11-12H2. The summed E-state index contributed by atoms with van der Waals surface area (Å²) in [5.41, 5.74) is 0.701. The number of nitrogens with one attached hydrogen (secondary N) is 1. The van der Waals surface area contributed by atoms with Gasteiger partial charge in [-0.15, -0.1) is 0 Å². The molecule has 1 saturated heterocycles. The molecule has 1 aliphatic rings. The summed E-state index contributed by atoms with van der Waals surface area (Å²) < 4.78 is 26.7. The first-order chi connectivity index (χ1) is 11.5. The minimum absolute atomic E-state index is 0.0434. The van der Waals surface area contributed by atoms with Gasteiger partial charge in [-0.05, 0) is 36.8 Å². The second-order valence-electron chi connectivity index (χ2n) is 5.82. The number of phenols is 1. The summed E-state index contributed by atoms with van der Waals surface area (Å²) in [6.45, 7) is 1.34. The van der Waals surface area contributed by atoms with Crippen LogP contribution in [0.4, 0.5) is 0 Å². The van der Waals surface area contributed by atoms with Crippen molar-refractivity contribution < 1.29 is 13.5 Å². The predicted octanol–water partition coefficient (Wildman–Crippen LogP) is 2.60. The van der Waals surface area contributed by atoms with E-state index in [2.05, 4.69) is 5.32 Å². The maximum absolute atomic E-state index is 12.6. The van der Waals surface area contributed by atoms with Crippen LogP contribution in [0, 0.1) is 0 Å². The van der Waals surface area contributed by atoms with E-state index in [1.165, 1.54) is 4.31 Å². The normalized spacial score (nSPS) is 18.8. The second-order valence-corrected chi connectivity index (χ2v) is 8.19. The van der Waals surface area contributed by atoms with Gasteiger partial charge in [0.05, 0.1) is 4.90 Å². The highest BCUT2D eigenvalue weighted by Crippen LogP contribution is 2.23. The van der Waals surface area contributed by atoms with Crippen LogP contribution in [-0.4, -0.2) is 37.0 Å². The molecule has 7 heteroatoms. The molecule has 1 atom stereocenters. The Kier molecular flexibility index (Phi) is 5.10. The summed E-state index contributed by atoms with van der Waals surface area (Å²) in [5, 5.41) is 13.7.